The highest BCUT2D eigenvalue weighted by molar-refractivity contribution is 6.31. The van der Waals surface area contributed by atoms with Crippen LogP contribution in [0.25, 0.3) is 0 Å². The zero-order valence-electron chi connectivity index (χ0n) is 13.3. The second-order valence-electron chi connectivity index (χ2n) is 5.96. The van der Waals surface area contributed by atoms with Crippen LogP contribution in [-0.4, -0.2) is 5.91 Å². The zero-order chi connectivity index (χ0) is 16.1. The summed E-state index contributed by atoms with van der Waals surface area (Å²) in [6, 6.07) is 14.0. The topological polar surface area (TPSA) is 29.1 Å². The minimum atomic E-state index is 0.0329. The van der Waals surface area contributed by atoms with Gasteiger partial charge in [-0.1, -0.05) is 54.4 Å². The van der Waals surface area contributed by atoms with Gasteiger partial charge in [0.25, 0.3) is 0 Å². The van der Waals surface area contributed by atoms with Crippen LogP contribution in [-0.2, 0) is 11.2 Å². The van der Waals surface area contributed by atoms with Crippen LogP contribution in [0.1, 0.15) is 30.0 Å². The highest BCUT2D eigenvalue weighted by Crippen LogP contribution is 2.23. The number of rotatable bonds is 5. The summed E-state index contributed by atoms with van der Waals surface area (Å²) in [6.45, 7) is 6.10. The molecule has 0 saturated carbocycles. The molecule has 0 spiro atoms. The van der Waals surface area contributed by atoms with Crippen LogP contribution in [0.3, 0.4) is 0 Å². The Morgan fingerprint density at radius 3 is 2.64 bits per heavy atom. The number of carbonyl (C=O) groups is 1. The third-order valence-electron chi connectivity index (χ3n) is 3.74. The van der Waals surface area contributed by atoms with Crippen LogP contribution < -0.4 is 5.32 Å². The fraction of sp³-hybridized carbons (Fsp3) is 0.316. The van der Waals surface area contributed by atoms with Crippen LogP contribution in [0.4, 0.5) is 5.69 Å². The average Bonchev–Trinajstić information content (AvgIpc) is 2.43. The van der Waals surface area contributed by atoms with Crippen molar-refractivity contribution in [2.24, 2.45) is 5.92 Å². The SMILES string of the molecule is Cc1cccc(C[C@H](C)CC(=O)Nc2cccc(Cl)c2C)c1. The fourth-order valence-electron chi connectivity index (χ4n) is 2.57. The molecule has 0 aliphatic heterocycles. The predicted molar refractivity (Wildman–Crippen MR) is 93.5 cm³/mol. The Labute approximate surface area is 137 Å². The normalized spacial score (nSPS) is 12.0. The second kappa shape index (κ2) is 7.46. The molecule has 0 saturated heterocycles. The monoisotopic (exact) mass is 315 g/mol. The van der Waals surface area contributed by atoms with Crippen molar-refractivity contribution >= 4 is 23.2 Å². The van der Waals surface area contributed by atoms with Gasteiger partial charge >= 0.3 is 0 Å². The molecule has 2 rings (SSSR count). The summed E-state index contributed by atoms with van der Waals surface area (Å²) in [6.07, 6.45) is 1.41. The lowest BCUT2D eigenvalue weighted by atomic mass is 9.96. The van der Waals surface area contributed by atoms with Crippen LogP contribution >= 0.6 is 11.6 Å². The van der Waals surface area contributed by atoms with E-state index in [0.717, 1.165) is 17.7 Å². The van der Waals surface area contributed by atoms with Crippen LogP contribution in [0, 0.1) is 19.8 Å². The van der Waals surface area contributed by atoms with E-state index in [1.807, 2.05) is 25.1 Å². The second-order valence-corrected chi connectivity index (χ2v) is 6.37. The lowest BCUT2D eigenvalue weighted by Crippen LogP contribution is -2.17. The van der Waals surface area contributed by atoms with Crippen LogP contribution in [0.2, 0.25) is 5.02 Å². The largest absolute Gasteiger partial charge is 0.326 e. The Morgan fingerprint density at radius 1 is 1.18 bits per heavy atom. The molecule has 1 N–H and O–H groups in total. The van der Waals surface area contributed by atoms with E-state index in [1.54, 1.807) is 0 Å². The molecule has 0 aliphatic rings. The van der Waals surface area contributed by atoms with Crippen molar-refractivity contribution in [3.05, 3.63) is 64.2 Å². The van der Waals surface area contributed by atoms with Gasteiger partial charge in [-0.2, -0.15) is 0 Å². The van der Waals surface area contributed by atoms with Gasteiger partial charge in [-0.3, -0.25) is 4.79 Å². The van der Waals surface area contributed by atoms with E-state index in [2.05, 4.69) is 43.4 Å². The first-order chi connectivity index (χ1) is 10.5. The van der Waals surface area contributed by atoms with E-state index in [9.17, 15) is 4.79 Å². The first-order valence-electron chi connectivity index (χ1n) is 7.56. The van der Waals surface area contributed by atoms with Crippen molar-refractivity contribution in [1.29, 1.82) is 0 Å². The maximum absolute atomic E-state index is 12.2. The molecule has 2 nitrogen and oxygen atoms in total. The van der Waals surface area contributed by atoms with Gasteiger partial charge in [-0.25, -0.2) is 0 Å². The molecule has 0 unspecified atom stereocenters. The Bertz CT molecular complexity index is 666. The van der Waals surface area contributed by atoms with Gasteiger partial charge in [0, 0.05) is 17.1 Å². The average molecular weight is 316 g/mol. The molecule has 2 aromatic carbocycles. The van der Waals surface area contributed by atoms with Crippen LogP contribution in [0.5, 0.6) is 0 Å². The first-order valence-corrected chi connectivity index (χ1v) is 7.94. The van der Waals surface area contributed by atoms with E-state index in [4.69, 9.17) is 11.6 Å². The molecule has 0 bridgehead atoms. The lowest BCUT2D eigenvalue weighted by molar-refractivity contribution is -0.116. The summed E-state index contributed by atoms with van der Waals surface area (Å²) in [7, 11) is 0. The number of nitrogens with one attached hydrogen (secondary N) is 1. The summed E-state index contributed by atoms with van der Waals surface area (Å²) in [4.78, 5) is 12.2. The van der Waals surface area contributed by atoms with E-state index in [1.165, 1.54) is 11.1 Å². The highest BCUT2D eigenvalue weighted by atomic mass is 35.5. The van der Waals surface area contributed by atoms with E-state index < -0.39 is 0 Å². The van der Waals surface area contributed by atoms with Crippen molar-refractivity contribution in [2.75, 3.05) is 5.32 Å². The molecule has 1 atom stereocenters. The van der Waals surface area contributed by atoms with Gasteiger partial charge in [0.05, 0.1) is 0 Å². The summed E-state index contributed by atoms with van der Waals surface area (Å²) in [5.41, 5.74) is 4.23. The molecule has 22 heavy (non-hydrogen) atoms. The van der Waals surface area contributed by atoms with Gasteiger partial charge in [0.15, 0.2) is 0 Å². The molecule has 0 radical (unpaired) electrons. The van der Waals surface area contributed by atoms with Crippen LogP contribution in [0.15, 0.2) is 42.5 Å². The Hall–Kier alpha value is -1.80. The molecule has 2 aromatic rings. The minimum absolute atomic E-state index is 0.0329. The van der Waals surface area contributed by atoms with E-state index in [-0.39, 0.29) is 5.91 Å². The molecule has 1 amide bonds. The molecule has 3 heteroatoms. The summed E-state index contributed by atoms with van der Waals surface area (Å²) in [5.74, 6) is 0.326. The standard InChI is InChI=1S/C19H22ClNO/c1-13-6-4-7-16(10-13)11-14(2)12-19(22)21-18-9-5-8-17(20)15(18)3/h4-10,14H,11-12H2,1-3H3,(H,21,22)/t14-/m0/s1. The van der Waals surface area contributed by atoms with Gasteiger partial charge in [-0.15, -0.1) is 0 Å². The molecule has 0 fully saturated rings. The van der Waals surface area contributed by atoms with Crippen molar-refractivity contribution in [3.63, 3.8) is 0 Å². The number of halogens is 1. The number of carbonyl (C=O) groups excluding carboxylic acids is 1. The summed E-state index contributed by atoms with van der Waals surface area (Å²) < 4.78 is 0. The van der Waals surface area contributed by atoms with Crippen molar-refractivity contribution in [3.8, 4) is 0 Å². The maximum atomic E-state index is 12.2. The van der Waals surface area contributed by atoms with Gasteiger partial charge < -0.3 is 5.32 Å². The molecule has 0 heterocycles. The molecule has 116 valence electrons. The molecule has 0 aliphatic carbocycles. The third kappa shape index (κ3) is 4.60. The summed E-state index contributed by atoms with van der Waals surface area (Å²) in [5, 5.41) is 3.63. The predicted octanol–water partition coefficient (Wildman–Crippen LogP) is 5.16. The Balaban J connectivity index is 1.92. The Kier molecular flexibility index (Phi) is 5.62. The number of hydrogen-bond acceptors (Lipinski definition) is 1. The molecular weight excluding hydrogens is 294 g/mol. The van der Waals surface area contributed by atoms with Gasteiger partial charge in [0.2, 0.25) is 5.91 Å². The maximum Gasteiger partial charge on any atom is 0.224 e. The van der Waals surface area contributed by atoms with Crippen molar-refractivity contribution < 1.29 is 4.79 Å². The van der Waals surface area contributed by atoms with E-state index >= 15 is 0 Å². The smallest absolute Gasteiger partial charge is 0.224 e. The fourth-order valence-corrected chi connectivity index (χ4v) is 2.75. The zero-order valence-corrected chi connectivity index (χ0v) is 14.1. The number of amides is 1. The van der Waals surface area contributed by atoms with Crippen molar-refractivity contribution in [2.45, 2.75) is 33.6 Å². The third-order valence-corrected chi connectivity index (χ3v) is 4.15. The van der Waals surface area contributed by atoms with Gasteiger partial charge in [0.1, 0.15) is 0 Å². The molecular formula is C19H22ClNO. The first kappa shape index (κ1) is 16.6. The van der Waals surface area contributed by atoms with E-state index in [0.29, 0.717) is 17.4 Å². The lowest BCUT2D eigenvalue weighted by Gasteiger charge is -2.13. The summed E-state index contributed by atoms with van der Waals surface area (Å²) >= 11 is 6.07. The quantitative estimate of drug-likeness (QED) is 0.810. The number of anilines is 1. The van der Waals surface area contributed by atoms with Gasteiger partial charge in [-0.05, 0) is 49.4 Å². The minimum Gasteiger partial charge on any atom is -0.326 e. The number of benzene rings is 2. The number of aryl methyl sites for hydroxylation is 1. The Morgan fingerprint density at radius 2 is 1.91 bits per heavy atom. The highest BCUT2D eigenvalue weighted by Gasteiger charge is 2.12. The molecule has 0 aromatic heterocycles. The number of hydrogen-bond donors (Lipinski definition) is 1. The van der Waals surface area contributed by atoms with Crippen molar-refractivity contribution in [1.82, 2.24) is 0 Å².